The summed E-state index contributed by atoms with van der Waals surface area (Å²) in [7, 11) is 3.33. The quantitative estimate of drug-likeness (QED) is 0.651. The van der Waals surface area contributed by atoms with Crippen LogP contribution in [0.1, 0.15) is 21.5 Å². The van der Waals surface area contributed by atoms with Crippen molar-refractivity contribution in [3.63, 3.8) is 0 Å². The van der Waals surface area contributed by atoms with E-state index in [1.807, 2.05) is 23.7 Å². The van der Waals surface area contributed by atoms with Gasteiger partial charge >= 0.3 is 0 Å². The summed E-state index contributed by atoms with van der Waals surface area (Å²) in [5.41, 5.74) is 1.07. The van der Waals surface area contributed by atoms with Gasteiger partial charge in [-0.3, -0.25) is 0 Å². The number of hydrogen-bond acceptors (Lipinski definition) is 6. The van der Waals surface area contributed by atoms with Crippen LogP contribution in [0.2, 0.25) is 0 Å². The molecule has 0 spiro atoms. The van der Waals surface area contributed by atoms with Crippen LogP contribution >= 0.6 is 22.7 Å². The number of ether oxygens (including phenoxy) is 2. The number of para-hydroxylation sites is 1. The molecule has 3 rings (SSSR count). The zero-order valence-corrected chi connectivity index (χ0v) is 15.3. The van der Waals surface area contributed by atoms with Crippen LogP contribution in [0.15, 0.2) is 47.3 Å². The molecule has 24 heavy (non-hydrogen) atoms. The molecule has 0 aliphatic rings. The molecule has 6 heteroatoms. The minimum Gasteiger partial charge on any atom is -0.493 e. The molecule has 0 bridgehead atoms. The molecule has 0 saturated carbocycles. The first-order valence-corrected chi connectivity index (χ1v) is 9.42. The van der Waals surface area contributed by atoms with Crippen LogP contribution in [0.3, 0.4) is 0 Å². The monoisotopic (exact) mass is 360 g/mol. The third kappa shape index (κ3) is 3.95. The Kier molecular flexibility index (Phi) is 5.85. The van der Waals surface area contributed by atoms with Crippen molar-refractivity contribution in [3.8, 4) is 11.5 Å². The molecule has 126 valence electrons. The van der Waals surface area contributed by atoms with Crippen molar-refractivity contribution in [2.75, 3.05) is 14.2 Å². The van der Waals surface area contributed by atoms with E-state index in [-0.39, 0.29) is 6.04 Å². The number of aromatic nitrogens is 1. The molecule has 0 amide bonds. The van der Waals surface area contributed by atoms with Gasteiger partial charge in [0.1, 0.15) is 5.01 Å². The molecule has 0 saturated heterocycles. The molecule has 1 N–H and O–H groups in total. The molecule has 0 aliphatic carbocycles. The fourth-order valence-electron chi connectivity index (χ4n) is 2.61. The maximum absolute atomic E-state index is 5.52. The van der Waals surface area contributed by atoms with Crippen molar-refractivity contribution in [2.45, 2.75) is 19.0 Å². The van der Waals surface area contributed by atoms with Crippen LogP contribution in [-0.2, 0) is 13.0 Å². The highest BCUT2D eigenvalue weighted by atomic mass is 32.1. The Morgan fingerprint density at radius 1 is 1.08 bits per heavy atom. The van der Waals surface area contributed by atoms with Gasteiger partial charge in [0.15, 0.2) is 11.5 Å². The molecule has 0 aliphatic heterocycles. The lowest BCUT2D eigenvalue weighted by Crippen LogP contribution is -2.23. The predicted octanol–water partition coefficient (Wildman–Crippen LogP) is 4.30. The smallest absolute Gasteiger partial charge is 0.165 e. The first-order valence-electron chi connectivity index (χ1n) is 7.67. The second-order valence-electron chi connectivity index (χ2n) is 5.24. The van der Waals surface area contributed by atoms with E-state index in [2.05, 4.69) is 33.9 Å². The summed E-state index contributed by atoms with van der Waals surface area (Å²) in [4.78, 5) is 5.84. The number of hydrogen-bond donors (Lipinski definition) is 1. The minimum atomic E-state index is 0.180. The van der Waals surface area contributed by atoms with Gasteiger partial charge in [-0.15, -0.1) is 22.7 Å². The standard InChI is InChI=1S/C18H20N2O2S2/c1-21-16-7-3-5-13(17(16)22-2)12-20-15(18-19-8-10-24-18)11-14-6-4-9-23-14/h3-10,15,20H,11-12H2,1-2H3/t15-/m1/s1. The Balaban J connectivity index is 1.76. The first kappa shape index (κ1) is 17.0. The van der Waals surface area contributed by atoms with Crippen LogP contribution in [0.25, 0.3) is 0 Å². The van der Waals surface area contributed by atoms with Crippen molar-refractivity contribution in [2.24, 2.45) is 0 Å². The topological polar surface area (TPSA) is 43.4 Å². The van der Waals surface area contributed by atoms with Crippen LogP contribution < -0.4 is 14.8 Å². The zero-order chi connectivity index (χ0) is 16.8. The van der Waals surface area contributed by atoms with Crippen molar-refractivity contribution >= 4 is 22.7 Å². The predicted molar refractivity (Wildman–Crippen MR) is 99.3 cm³/mol. The number of nitrogens with zero attached hydrogens (tertiary/aromatic N) is 1. The summed E-state index contributed by atoms with van der Waals surface area (Å²) in [6, 6.07) is 10.4. The molecular formula is C18H20N2O2S2. The summed E-state index contributed by atoms with van der Waals surface area (Å²) >= 11 is 3.46. The lowest BCUT2D eigenvalue weighted by molar-refractivity contribution is 0.349. The van der Waals surface area contributed by atoms with E-state index in [9.17, 15) is 0 Å². The van der Waals surface area contributed by atoms with Crippen LogP contribution in [0, 0.1) is 0 Å². The zero-order valence-electron chi connectivity index (χ0n) is 13.7. The highest BCUT2D eigenvalue weighted by Gasteiger charge is 2.17. The van der Waals surface area contributed by atoms with E-state index in [4.69, 9.17) is 9.47 Å². The van der Waals surface area contributed by atoms with Crippen molar-refractivity contribution in [3.05, 3.63) is 62.7 Å². The van der Waals surface area contributed by atoms with Crippen LogP contribution in [0.4, 0.5) is 0 Å². The van der Waals surface area contributed by atoms with Crippen LogP contribution in [-0.4, -0.2) is 19.2 Å². The van der Waals surface area contributed by atoms with Gasteiger partial charge in [0.2, 0.25) is 0 Å². The van der Waals surface area contributed by atoms with E-state index >= 15 is 0 Å². The van der Waals surface area contributed by atoms with E-state index < -0.39 is 0 Å². The highest BCUT2D eigenvalue weighted by molar-refractivity contribution is 7.10. The van der Waals surface area contributed by atoms with Crippen molar-refractivity contribution in [1.82, 2.24) is 10.3 Å². The summed E-state index contributed by atoms with van der Waals surface area (Å²) in [6.07, 6.45) is 2.78. The summed E-state index contributed by atoms with van der Waals surface area (Å²) in [5.74, 6) is 1.53. The second-order valence-corrected chi connectivity index (χ2v) is 7.20. The van der Waals surface area contributed by atoms with Crippen LogP contribution in [0.5, 0.6) is 11.5 Å². The lowest BCUT2D eigenvalue weighted by atomic mass is 10.1. The Hall–Kier alpha value is -1.89. The number of thiazole rings is 1. The van der Waals surface area contributed by atoms with Gasteiger partial charge in [-0.25, -0.2) is 4.98 Å². The number of thiophene rings is 1. The van der Waals surface area contributed by atoms with E-state index in [1.54, 1.807) is 36.9 Å². The van der Waals surface area contributed by atoms with Crippen molar-refractivity contribution in [1.29, 1.82) is 0 Å². The van der Waals surface area contributed by atoms with Gasteiger partial charge in [0.25, 0.3) is 0 Å². The van der Waals surface area contributed by atoms with E-state index in [1.165, 1.54) is 4.88 Å². The number of nitrogens with one attached hydrogen (secondary N) is 1. The van der Waals surface area contributed by atoms with Gasteiger partial charge in [-0.05, 0) is 17.5 Å². The molecule has 2 aromatic heterocycles. The Labute approximate surface area is 150 Å². The number of benzene rings is 1. The molecule has 4 nitrogen and oxygen atoms in total. The first-order chi connectivity index (χ1) is 11.8. The largest absolute Gasteiger partial charge is 0.493 e. The highest BCUT2D eigenvalue weighted by Crippen LogP contribution is 2.31. The van der Waals surface area contributed by atoms with Gasteiger partial charge in [0, 0.05) is 35.0 Å². The van der Waals surface area contributed by atoms with Gasteiger partial charge in [-0.1, -0.05) is 18.2 Å². The molecule has 2 heterocycles. The fourth-order valence-corrected chi connectivity index (χ4v) is 4.08. The summed E-state index contributed by atoms with van der Waals surface area (Å²) in [5, 5.41) is 8.85. The van der Waals surface area contributed by atoms with Gasteiger partial charge in [0.05, 0.1) is 20.3 Å². The molecule has 1 aromatic carbocycles. The second kappa shape index (κ2) is 8.28. The van der Waals surface area contributed by atoms with Crippen molar-refractivity contribution < 1.29 is 9.47 Å². The average molecular weight is 361 g/mol. The third-order valence-electron chi connectivity index (χ3n) is 3.76. The Bertz CT molecular complexity index is 742. The van der Waals surface area contributed by atoms with E-state index in [0.29, 0.717) is 6.54 Å². The SMILES string of the molecule is COc1cccc(CN[C@H](Cc2cccs2)c2nccs2)c1OC. The van der Waals surface area contributed by atoms with E-state index in [0.717, 1.165) is 28.5 Å². The molecule has 0 unspecified atom stereocenters. The third-order valence-corrected chi connectivity index (χ3v) is 5.55. The summed E-state index contributed by atoms with van der Waals surface area (Å²) in [6.45, 7) is 0.690. The molecular weight excluding hydrogens is 340 g/mol. The average Bonchev–Trinajstić information content (AvgIpc) is 3.31. The molecule has 0 fully saturated rings. The molecule has 1 atom stereocenters. The number of methoxy groups -OCH3 is 2. The summed E-state index contributed by atoms with van der Waals surface area (Å²) < 4.78 is 10.9. The molecule has 3 aromatic rings. The Morgan fingerprint density at radius 3 is 2.67 bits per heavy atom. The number of rotatable bonds is 8. The Morgan fingerprint density at radius 2 is 2.00 bits per heavy atom. The maximum Gasteiger partial charge on any atom is 0.165 e. The maximum atomic E-state index is 5.52. The van der Waals surface area contributed by atoms with Gasteiger partial charge in [-0.2, -0.15) is 0 Å². The lowest BCUT2D eigenvalue weighted by Gasteiger charge is -2.18. The van der Waals surface area contributed by atoms with Gasteiger partial charge < -0.3 is 14.8 Å². The molecule has 0 radical (unpaired) electrons. The normalized spacial score (nSPS) is 12.1. The fraction of sp³-hybridized carbons (Fsp3) is 0.278. The minimum absolute atomic E-state index is 0.180.